The molecule has 0 saturated carbocycles. The van der Waals surface area contributed by atoms with Gasteiger partial charge in [-0.2, -0.15) is 13.2 Å². The van der Waals surface area contributed by atoms with E-state index in [0.29, 0.717) is 11.1 Å². The Balaban J connectivity index is 2.17. The molecule has 0 amide bonds. The Kier molecular flexibility index (Phi) is 3.39. The number of phenols is 1. The summed E-state index contributed by atoms with van der Waals surface area (Å²) >= 11 is 0. The predicted molar refractivity (Wildman–Crippen MR) is 79.8 cm³/mol. The molecule has 1 aromatic carbocycles. The van der Waals surface area contributed by atoms with Crippen LogP contribution in [0.2, 0.25) is 0 Å². The molecule has 0 aliphatic carbocycles. The summed E-state index contributed by atoms with van der Waals surface area (Å²) < 4.78 is 38.9. The molecule has 0 aliphatic rings. The lowest BCUT2D eigenvalue weighted by Crippen LogP contribution is -2.12. The van der Waals surface area contributed by atoms with Crippen molar-refractivity contribution >= 4 is 22.5 Å². The van der Waals surface area contributed by atoms with Crippen molar-refractivity contribution in [3.63, 3.8) is 0 Å². The third-order valence-corrected chi connectivity index (χ3v) is 3.28. The van der Waals surface area contributed by atoms with Crippen LogP contribution in [0.3, 0.4) is 0 Å². The van der Waals surface area contributed by atoms with E-state index in [2.05, 4.69) is 20.3 Å². The van der Waals surface area contributed by atoms with Crippen molar-refractivity contribution in [3.05, 3.63) is 41.3 Å². The van der Waals surface area contributed by atoms with E-state index < -0.39 is 12.0 Å². The van der Waals surface area contributed by atoms with Crippen LogP contribution in [0.5, 0.6) is 5.75 Å². The van der Waals surface area contributed by atoms with Crippen LogP contribution < -0.4 is 5.32 Å². The maximum Gasteiger partial charge on any atom is 0.451 e. The van der Waals surface area contributed by atoms with Crippen molar-refractivity contribution in [2.75, 3.05) is 5.32 Å². The van der Waals surface area contributed by atoms with Gasteiger partial charge in [0.15, 0.2) is 0 Å². The summed E-state index contributed by atoms with van der Waals surface area (Å²) in [6.07, 6.45) is -4.67. The molecule has 0 aliphatic heterocycles. The Morgan fingerprint density at radius 2 is 1.87 bits per heavy atom. The van der Waals surface area contributed by atoms with Gasteiger partial charge in [0, 0.05) is 5.69 Å². The topological polar surface area (TPSA) is 73.8 Å². The summed E-state index contributed by atoms with van der Waals surface area (Å²) in [5.74, 6) is -1.35. The lowest BCUT2D eigenvalue weighted by atomic mass is 10.2. The quantitative estimate of drug-likeness (QED) is 0.623. The first kappa shape index (κ1) is 15.1. The van der Waals surface area contributed by atoms with E-state index in [4.69, 9.17) is 0 Å². The summed E-state index contributed by atoms with van der Waals surface area (Å²) in [6, 6.07) is 6.42. The molecule has 0 radical (unpaired) electrons. The summed E-state index contributed by atoms with van der Waals surface area (Å²) in [4.78, 5) is 9.86. The highest BCUT2D eigenvalue weighted by Crippen LogP contribution is 2.33. The summed E-state index contributed by atoms with van der Waals surface area (Å²) in [7, 11) is 0. The molecule has 0 atom stereocenters. The summed E-state index contributed by atoms with van der Waals surface area (Å²) in [6.45, 7) is 3.52. The smallest absolute Gasteiger partial charge is 0.451 e. The van der Waals surface area contributed by atoms with Gasteiger partial charge >= 0.3 is 6.18 Å². The number of aromatic nitrogens is 3. The van der Waals surface area contributed by atoms with E-state index in [9.17, 15) is 18.3 Å². The average molecular weight is 322 g/mol. The maximum absolute atomic E-state index is 13.0. The molecule has 23 heavy (non-hydrogen) atoms. The molecule has 0 spiro atoms. The Labute approximate surface area is 129 Å². The SMILES string of the molecule is Cc1ccc(O)c(Nc2nc(C(F)(F)F)nc3[nH]c(C)cc23)c1. The molecule has 0 fully saturated rings. The van der Waals surface area contributed by atoms with Crippen LogP contribution >= 0.6 is 0 Å². The van der Waals surface area contributed by atoms with Gasteiger partial charge in [0.05, 0.1) is 11.1 Å². The second-order valence-corrected chi connectivity index (χ2v) is 5.25. The minimum atomic E-state index is -4.67. The van der Waals surface area contributed by atoms with Crippen molar-refractivity contribution in [1.82, 2.24) is 15.0 Å². The molecule has 0 saturated heterocycles. The second-order valence-electron chi connectivity index (χ2n) is 5.25. The van der Waals surface area contributed by atoms with Gasteiger partial charge in [-0.3, -0.25) is 0 Å². The minimum absolute atomic E-state index is 0.0208. The number of nitrogens with one attached hydrogen (secondary N) is 2. The number of hydrogen-bond donors (Lipinski definition) is 3. The van der Waals surface area contributed by atoms with Crippen molar-refractivity contribution in [2.45, 2.75) is 20.0 Å². The predicted octanol–water partition coefficient (Wildman–Crippen LogP) is 4.04. The van der Waals surface area contributed by atoms with Crippen molar-refractivity contribution < 1.29 is 18.3 Å². The maximum atomic E-state index is 13.0. The van der Waals surface area contributed by atoms with Gasteiger partial charge in [-0.1, -0.05) is 6.07 Å². The van der Waals surface area contributed by atoms with E-state index in [1.807, 2.05) is 6.92 Å². The normalized spacial score (nSPS) is 11.9. The number of aromatic amines is 1. The third-order valence-electron chi connectivity index (χ3n) is 3.28. The van der Waals surface area contributed by atoms with Gasteiger partial charge in [-0.05, 0) is 37.6 Å². The first-order chi connectivity index (χ1) is 10.7. The van der Waals surface area contributed by atoms with Crippen LogP contribution in [-0.4, -0.2) is 20.1 Å². The lowest BCUT2D eigenvalue weighted by molar-refractivity contribution is -0.144. The molecule has 3 rings (SSSR count). The number of rotatable bonds is 2. The average Bonchev–Trinajstić information content (AvgIpc) is 2.82. The number of fused-ring (bicyclic) bond motifs is 1. The van der Waals surface area contributed by atoms with E-state index in [0.717, 1.165) is 5.56 Å². The fraction of sp³-hybridized carbons (Fsp3) is 0.200. The minimum Gasteiger partial charge on any atom is -0.506 e. The van der Waals surface area contributed by atoms with Crippen LogP contribution in [0.4, 0.5) is 24.7 Å². The zero-order valence-corrected chi connectivity index (χ0v) is 12.3. The van der Waals surface area contributed by atoms with Crippen molar-refractivity contribution in [3.8, 4) is 5.75 Å². The van der Waals surface area contributed by atoms with Crippen LogP contribution in [0.25, 0.3) is 11.0 Å². The van der Waals surface area contributed by atoms with Gasteiger partial charge in [0.2, 0.25) is 5.82 Å². The van der Waals surface area contributed by atoms with Gasteiger partial charge in [-0.15, -0.1) is 0 Å². The van der Waals surface area contributed by atoms with E-state index in [1.165, 1.54) is 6.07 Å². The fourth-order valence-corrected chi connectivity index (χ4v) is 2.24. The van der Waals surface area contributed by atoms with E-state index >= 15 is 0 Å². The van der Waals surface area contributed by atoms with Crippen molar-refractivity contribution in [1.29, 1.82) is 0 Å². The highest BCUT2D eigenvalue weighted by Gasteiger charge is 2.36. The largest absolute Gasteiger partial charge is 0.506 e. The molecular weight excluding hydrogens is 309 g/mol. The lowest BCUT2D eigenvalue weighted by Gasteiger charge is -2.12. The number of H-pyrrole nitrogens is 1. The number of hydrogen-bond acceptors (Lipinski definition) is 4. The Bertz CT molecular complexity index is 886. The summed E-state index contributed by atoms with van der Waals surface area (Å²) in [5.41, 5.74) is 1.86. The van der Waals surface area contributed by atoms with Crippen molar-refractivity contribution in [2.24, 2.45) is 0 Å². The molecule has 120 valence electrons. The molecule has 3 aromatic rings. The zero-order chi connectivity index (χ0) is 16.8. The van der Waals surface area contributed by atoms with Crippen LogP contribution in [0.15, 0.2) is 24.3 Å². The van der Waals surface area contributed by atoms with Crippen LogP contribution in [-0.2, 0) is 6.18 Å². The molecule has 3 N–H and O–H groups in total. The van der Waals surface area contributed by atoms with Gasteiger partial charge < -0.3 is 15.4 Å². The molecule has 0 unspecified atom stereocenters. The number of aryl methyl sites for hydroxylation is 2. The Hall–Kier alpha value is -2.77. The standard InChI is InChI=1S/C15H13F3N4O/c1-7-3-4-11(23)10(5-7)20-13-9-6-8(2)19-12(9)21-14(22-13)15(16,17)18/h3-6,23H,1-2H3,(H2,19,20,21,22). The number of anilines is 2. The number of phenolic OH excluding ortho intramolecular Hbond substituents is 1. The van der Waals surface area contributed by atoms with E-state index in [-0.39, 0.29) is 22.9 Å². The molecule has 2 heterocycles. The van der Waals surface area contributed by atoms with Crippen LogP contribution in [0, 0.1) is 13.8 Å². The van der Waals surface area contributed by atoms with Gasteiger partial charge in [0.25, 0.3) is 0 Å². The highest BCUT2D eigenvalue weighted by molar-refractivity contribution is 5.90. The second kappa shape index (κ2) is 5.15. The van der Waals surface area contributed by atoms with Gasteiger partial charge in [-0.25, -0.2) is 9.97 Å². The number of alkyl halides is 3. The fourth-order valence-electron chi connectivity index (χ4n) is 2.24. The molecule has 0 bridgehead atoms. The molecular formula is C15H13F3N4O. The molecule has 2 aromatic heterocycles. The van der Waals surface area contributed by atoms with Crippen LogP contribution in [0.1, 0.15) is 17.1 Å². The Morgan fingerprint density at radius 3 is 2.57 bits per heavy atom. The monoisotopic (exact) mass is 322 g/mol. The molecule has 8 heteroatoms. The molecule has 5 nitrogen and oxygen atoms in total. The number of aromatic hydroxyl groups is 1. The first-order valence-corrected chi connectivity index (χ1v) is 6.75. The Morgan fingerprint density at radius 1 is 1.13 bits per heavy atom. The number of halogens is 3. The number of nitrogens with zero attached hydrogens (tertiary/aromatic N) is 2. The first-order valence-electron chi connectivity index (χ1n) is 6.75. The number of benzene rings is 1. The van der Waals surface area contributed by atoms with E-state index in [1.54, 1.807) is 25.1 Å². The summed E-state index contributed by atoms with van der Waals surface area (Å²) in [5, 5.41) is 13.0. The zero-order valence-electron chi connectivity index (χ0n) is 12.3. The van der Waals surface area contributed by atoms with Gasteiger partial charge in [0.1, 0.15) is 17.2 Å². The third kappa shape index (κ3) is 2.92. The highest BCUT2D eigenvalue weighted by atomic mass is 19.4.